The maximum absolute atomic E-state index is 12.5. The van der Waals surface area contributed by atoms with Gasteiger partial charge in [0.05, 0.1) is 5.52 Å². The van der Waals surface area contributed by atoms with Crippen molar-refractivity contribution in [3.8, 4) is 0 Å². The van der Waals surface area contributed by atoms with Gasteiger partial charge in [-0.05, 0) is 49.1 Å². The second kappa shape index (κ2) is 5.59. The Bertz CT molecular complexity index is 1200. The van der Waals surface area contributed by atoms with Crippen molar-refractivity contribution in [1.29, 1.82) is 0 Å². The van der Waals surface area contributed by atoms with Gasteiger partial charge in [-0.25, -0.2) is 0 Å². The van der Waals surface area contributed by atoms with E-state index in [0.717, 1.165) is 46.7 Å². The van der Waals surface area contributed by atoms with Crippen molar-refractivity contribution < 1.29 is 9.21 Å². The van der Waals surface area contributed by atoms with Crippen LogP contribution in [0.15, 0.2) is 57.7 Å². The third-order valence-electron chi connectivity index (χ3n) is 4.99. The molecule has 0 radical (unpaired) electrons. The van der Waals surface area contributed by atoms with Gasteiger partial charge in [-0.1, -0.05) is 24.3 Å². The van der Waals surface area contributed by atoms with Crippen LogP contribution in [0.2, 0.25) is 0 Å². The summed E-state index contributed by atoms with van der Waals surface area (Å²) in [7, 11) is 0. The lowest BCUT2D eigenvalue weighted by molar-refractivity contribution is 0.0998. The molecule has 5 rings (SSSR count). The zero-order valence-corrected chi connectivity index (χ0v) is 14.0. The van der Waals surface area contributed by atoms with Gasteiger partial charge in [0.15, 0.2) is 5.76 Å². The number of aryl methyl sites for hydroxylation is 1. The summed E-state index contributed by atoms with van der Waals surface area (Å²) in [4.78, 5) is 27.7. The zero-order valence-electron chi connectivity index (χ0n) is 14.0. The summed E-state index contributed by atoms with van der Waals surface area (Å²) < 4.78 is 5.60. The first-order valence-electron chi connectivity index (χ1n) is 8.67. The van der Waals surface area contributed by atoms with Gasteiger partial charge in [0, 0.05) is 22.0 Å². The minimum Gasteiger partial charge on any atom is -0.451 e. The Kier molecular flexibility index (Phi) is 3.22. The fourth-order valence-electron chi connectivity index (χ4n) is 3.76. The van der Waals surface area contributed by atoms with E-state index in [4.69, 9.17) is 4.42 Å². The molecule has 0 fully saturated rings. The lowest BCUT2D eigenvalue weighted by Gasteiger charge is -2.08. The second-order valence-corrected chi connectivity index (χ2v) is 6.63. The SMILES string of the molecule is O=C(Nc1ccc2c3c(c(=O)[nH]c2c1)CCC3)c1cc2ccccc2o1. The van der Waals surface area contributed by atoms with Crippen LogP contribution in [-0.4, -0.2) is 10.9 Å². The van der Waals surface area contributed by atoms with E-state index in [1.165, 1.54) is 0 Å². The van der Waals surface area contributed by atoms with Crippen molar-refractivity contribution in [3.05, 3.63) is 75.8 Å². The Hall–Kier alpha value is -3.34. The summed E-state index contributed by atoms with van der Waals surface area (Å²) in [5, 5.41) is 4.78. The maximum atomic E-state index is 12.5. The molecule has 1 amide bonds. The molecular weight excluding hydrogens is 328 g/mol. The van der Waals surface area contributed by atoms with Crippen LogP contribution in [0.3, 0.4) is 0 Å². The average molecular weight is 344 g/mol. The third kappa shape index (κ3) is 2.32. The van der Waals surface area contributed by atoms with E-state index in [9.17, 15) is 9.59 Å². The second-order valence-electron chi connectivity index (χ2n) is 6.63. The monoisotopic (exact) mass is 344 g/mol. The van der Waals surface area contributed by atoms with E-state index in [-0.39, 0.29) is 17.2 Å². The normalized spacial score (nSPS) is 13.2. The number of carbonyl (C=O) groups is 1. The highest BCUT2D eigenvalue weighted by atomic mass is 16.3. The van der Waals surface area contributed by atoms with Gasteiger partial charge < -0.3 is 14.7 Å². The summed E-state index contributed by atoms with van der Waals surface area (Å²) >= 11 is 0. The number of anilines is 1. The predicted octanol–water partition coefficient (Wildman–Crippen LogP) is 4.02. The Morgan fingerprint density at radius 1 is 1.04 bits per heavy atom. The predicted molar refractivity (Wildman–Crippen MR) is 101 cm³/mol. The number of rotatable bonds is 2. The molecule has 0 unspecified atom stereocenters. The summed E-state index contributed by atoms with van der Waals surface area (Å²) in [6.45, 7) is 0. The summed E-state index contributed by atoms with van der Waals surface area (Å²) in [6, 6.07) is 14.8. The van der Waals surface area contributed by atoms with E-state index < -0.39 is 0 Å². The van der Waals surface area contributed by atoms with E-state index >= 15 is 0 Å². The smallest absolute Gasteiger partial charge is 0.291 e. The van der Waals surface area contributed by atoms with E-state index in [1.807, 2.05) is 36.4 Å². The highest BCUT2D eigenvalue weighted by Crippen LogP contribution is 2.28. The van der Waals surface area contributed by atoms with Crippen molar-refractivity contribution >= 4 is 33.5 Å². The number of hydrogen-bond acceptors (Lipinski definition) is 3. The Labute approximate surface area is 148 Å². The van der Waals surface area contributed by atoms with Gasteiger partial charge in [0.2, 0.25) is 0 Å². The average Bonchev–Trinajstić information content (AvgIpc) is 3.29. The molecule has 4 aromatic rings. The number of aromatic nitrogens is 1. The van der Waals surface area contributed by atoms with E-state index in [0.29, 0.717) is 11.3 Å². The lowest BCUT2D eigenvalue weighted by Crippen LogP contribution is -2.13. The number of carbonyl (C=O) groups excluding carboxylic acids is 1. The Morgan fingerprint density at radius 2 is 1.88 bits per heavy atom. The highest BCUT2D eigenvalue weighted by Gasteiger charge is 2.18. The summed E-state index contributed by atoms with van der Waals surface area (Å²) in [5.74, 6) is -0.0576. The molecule has 2 aromatic carbocycles. The molecule has 0 atom stereocenters. The van der Waals surface area contributed by atoms with Gasteiger partial charge in [-0.3, -0.25) is 9.59 Å². The van der Waals surface area contributed by atoms with Crippen LogP contribution in [-0.2, 0) is 12.8 Å². The Morgan fingerprint density at radius 3 is 2.77 bits per heavy atom. The molecule has 128 valence electrons. The van der Waals surface area contributed by atoms with E-state index in [2.05, 4.69) is 10.3 Å². The van der Waals surface area contributed by atoms with Crippen LogP contribution < -0.4 is 10.9 Å². The number of hydrogen-bond donors (Lipinski definition) is 2. The number of pyridine rings is 1. The van der Waals surface area contributed by atoms with E-state index in [1.54, 1.807) is 12.1 Å². The molecule has 26 heavy (non-hydrogen) atoms. The quantitative estimate of drug-likeness (QED) is 0.577. The van der Waals surface area contributed by atoms with Crippen LogP contribution in [0.4, 0.5) is 5.69 Å². The number of aromatic amines is 1. The van der Waals surface area contributed by atoms with Crippen LogP contribution in [0, 0.1) is 0 Å². The maximum Gasteiger partial charge on any atom is 0.291 e. The molecule has 0 spiro atoms. The van der Waals surface area contributed by atoms with Crippen LogP contribution >= 0.6 is 0 Å². The standard InChI is InChI=1S/C21H16N2O3/c24-20-16-6-3-5-14(16)15-9-8-13(11-17(15)23-20)22-21(25)19-10-12-4-1-2-7-18(12)26-19/h1-2,4,7-11H,3,5-6H2,(H,22,25)(H,23,24). The molecule has 0 saturated carbocycles. The summed E-state index contributed by atoms with van der Waals surface area (Å²) in [5.41, 5.74) is 4.06. The molecule has 2 heterocycles. The van der Waals surface area contributed by atoms with Gasteiger partial charge in [0.1, 0.15) is 5.58 Å². The minimum atomic E-state index is -0.316. The number of amides is 1. The van der Waals surface area contributed by atoms with Crippen LogP contribution in [0.25, 0.3) is 21.9 Å². The molecule has 2 N–H and O–H groups in total. The molecule has 1 aliphatic rings. The molecule has 5 heteroatoms. The zero-order chi connectivity index (χ0) is 17.7. The first kappa shape index (κ1) is 15.0. The number of para-hydroxylation sites is 1. The molecule has 0 saturated heterocycles. The molecule has 0 aliphatic heterocycles. The van der Waals surface area contributed by atoms with Gasteiger partial charge in [0.25, 0.3) is 11.5 Å². The highest BCUT2D eigenvalue weighted by molar-refractivity contribution is 6.05. The lowest BCUT2D eigenvalue weighted by atomic mass is 10.1. The fourth-order valence-corrected chi connectivity index (χ4v) is 3.76. The number of H-pyrrole nitrogens is 1. The number of nitrogens with one attached hydrogen (secondary N) is 2. The fraction of sp³-hybridized carbons (Fsp3) is 0.143. The topological polar surface area (TPSA) is 75.1 Å². The van der Waals surface area contributed by atoms with Gasteiger partial charge >= 0.3 is 0 Å². The van der Waals surface area contributed by atoms with Crippen molar-refractivity contribution in [3.63, 3.8) is 0 Å². The third-order valence-corrected chi connectivity index (χ3v) is 4.99. The molecule has 2 aromatic heterocycles. The number of fused-ring (bicyclic) bond motifs is 4. The molecule has 1 aliphatic carbocycles. The van der Waals surface area contributed by atoms with Crippen molar-refractivity contribution in [2.24, 2.45) is 0 Å². The first-order chi connectivity index (χ1) is 12.7. The van der Waals surface area contributed by atoms with Crippen LogP contribution in [0.5, 0.6) is 0 Å². The van der Waals surface area contributed by atoms with Gasteiger partial charge in [-0.2, -0.15) is 0 Å². The minimum absolute atomic E-state index is 0.0224. The van der Waals surface area contributed by atoms with Gasteiger partial charge in [-0.15, -0.1) is 0 Å². The molecular formula is C21H16N2O3. The van der Waals surface area contributed by atoms with Crippen molar-refractivity contribution in [2.45, 2.75) is 19.3 Å². The van der Waals surface area contributed by atoms with Crippen molar-refractivity contribution in [2.75, 3.05) is 5.32 Å². The van der Waals surface area contributed by atoms with Crippen LogP contribution in [0.1, 0.15) is 28.1 Å². The number of furan rings is 1. The Balaban J connectivity index is 1.50. The van der Waals surface area contributed by atoms with Crippen molar-refractivity contribution in [1.82, 2.24) is 4.98 Å². The molecule has 0 bridgehead atoms. The largest absolute Gasteiger partial charge is 0.451 e. The first-order valence-corrected chi connectivity index (χ1v) is 8.67. The molecule has 5 nitrogen and oxygen atoms in total. The number of benzene rings is 2. The summed E-state index contributed by atoms with van der Waals surface area (Å²) in [6.07, 6.45) is 2.79.